The molecule has 0 aromatic carbocycles. The highest BCUT2D eigenvalue weighted by Gasteiger charge is 2.22. The van der Waals surface area contributed by atoms with Gasteiger partial charge in [0.1, 0.15) is 5.01 Å². The maximum Gasteiger partial charge on any atom is 0.107 e. The molecule has 1 fully saturated rings. The van der Waals surface area contributed by atoms with Crippen molar-refractivity contribution in [1.82, 2.24) is 9.88 Å². The van der Waals surface area contributed by atoms with Crippen LogP contribution < -0.4 is 0 Å². The van der Waals surface area contributed by atoms with Crippen LogP contribution in [-0.2, 0) is 6.54 Å². The molecule has 2 rings (SSSR count). The molecule has 0 aliphatic carbocycles. The second kappa shape index (κ2) is 5.35. The molecule has 0 N–H and O–H groups in total. The summed E-state index contributed by atoms with van der Waals surface area (Å²) in [5.74, 6) is 3.12. The van der Waals surface area contributed by atoms with Crippen molar-refractivity contribution in [2.45, 2.75) is 12.6 Å². The van der Waals surface area contributed by atoms with Crippen LogP contribution in [0.2, 0.25) is 0 Å². The van der Waals surface area contributed by atoms with Crippen LogP contribution in [-0.4, -0.2) is 39.9 Å². The van der Waals surface area contributed by atoms with E-state index in [-0.39, 0.29) is 0 Å². The average molecular weight is 249 g/mol. The second-order valence-electron chi connectivity index (χ2n) is 3.28. The highest BCUT2D eigenvalue weighted by Crippen LogP contribution is 2.20. The predicted molar refractivity (Wildman–Crippen MR) is 64.4 cm³/mol. The number of nitrogens with zero attached hydrogens (tertiary/aromatic N) is 2. The van der Waals surface area contributed by atoms with Gasteiger partial charge >= 0.3 is 0 Å². The number of thiazole rings is 1. The van der Waals surface area contributed by atoms with Gasteiger partial charge in [-0.2, -0.15) is 11.8 Å². The van der Waals surface area contributed by atoms with Crippen LogP contribution >= 0.6 is 34.7 Å². The maximum absolute atomic E-state index is 5.94. The molecule has 2 nitrogen and oxygen atoms in total. The summed E-state index contributed by atoms with van der Waals surface area (Å²) in [6, 6.07) is 0.527. The van der Waals surface area contributed by atoms with Crippen molar-refractivity contribution in [3.8, 4) is 0 Å². The Hall–Kier alpha value is 0.230. The maximum atomic E-state index is 5.94. The topological polar surface area (TPSA) is 16.1 Å². The van der Waals surface area contributed by atoms with Gasteiger partial charge in [0, 0.05) is 41.5 Å². The van der Waals surface area contributed by atoms with E-state index in [1.54, 1.807) is 11.3 Å². The lowest BCUT2D eigenvalue weighted by Crippen LogP contribution is -2.42. The van der Waals surface area contributed by atoms with Crippen LogP contribution in [0.5, 0.6) is 0 Å². The fourth-order valence-corrected chi connectivity index (χ4v) is 3.75. The van der Waals surface area contributed by atoms with Gasteiger partial charge in [0.2, 0.25) is 0 Å². The summed E-state index contributed by atoms with van der Waals surface area (Å²) in [7, 11) is 0. The molecular weight excluding hydrogens is 236 g/mol. The molecule has 0 spiro atoms. The largest absolute Gasteiger partial charge is 0.291 e. The normalized spacial score (nSPS) is 23.9. The number of hydrogen-bond acceptors (Lipinski definition) is 4. The van der Waals surface area contributed by atoms with Crippen molar-refractivity contribution in [3.05, 3.63) is 16.6 Å². The van der Waals surface area contributed by atoms with E-state index in [2.05, 4.69) is 9.88 Å². The van der Waals surface area contributed by atoms with Gasteiger partial charge in [-0.15, -0.1) is 22.9 Å². The first-order valence-corrected chi connectivity index (χ1v) is 7.23. The van der Waals surface area contributed by atoms with Crippen LogP contribution in [0.4, 0.5) is 0 Å². The average Bonchev–Trinajstić information content (AvgIpc) is 2.71. The Morgan fingerprint density at radius 2 is 2.57 bits per heavy atom. The van der Waals surface area contributed by atoms with Crippen molar-refractivity contribution in [2.24, 2.45) is 0 Å². The zero-order valence-corrected chi connectivity index (χ0v) is 10.2. The van der Waals surface area contributed by atoms with Gasteiger partial charge in [-0.05, 0) is 0 Å². The van der Waals surface area contributed by atoms with Crippen LogP contribution in [0, 0.1) is 0 Å². The first-order chi connectivity index (χ1) is 6.90. The monoisotopic (exact) mass is 248 g/mol. The van der Waals surface area contributed by atoms with E-state index < -0.39 is 0 Å². The van der Waals surface area contributed by atoms with Crippen molar-refractivity contribution in [3.63, 3.8) is 0 Å². The molecule has 1 atom stereocenters. The van der Waals surface area contributed by atoms with Gasteiger partial charge < -0.3 is 0 Å². The molecule has 78 valence electrons. The number of thioether (sulfide) groups is 1. The zero-order chi connectivity index (χ0) is 9.80. The van der Waals surface area contributed by atoms with Crippen LogP contribution in [0.1, 0.15) is 5.01 Å². The lowest BCUT2D eigenvalue weighted by Gasteiger charge is -2.33. The second-order valence-corrected chi connectivity index (χ2v) is 5.72. The van der Waals surface area contributed by atoms with E-state index in [1.807, 2.05) is 23.3 Å². The number of alkyl halides is 1. The van der Waals surface area contributed by atoms with Crippen LogP contribution in [0.25, 0.3) is 0 Å². The minimum absolute atomic E-state index is 0.527. The Kier molecular flexibility index (Phi) is 4.10. The standard InChI is InChI=1S/C9H13ClN2S2/c10-5-8-7-13-4-2-12(8)6-9-11-1-3-14-9/h1,3,8H,2,4-7H2. The van der Waals surface area contributed by atoms with Crippen LogP contribution in [0.3, 0.4) is 0 Å². The molecular formula is C9H13ClN2S2. The SMILES string of the molecule is ClCC1CSCCN1Cc1nccs1. The minimum atomic E-state index is 0.527. The Bertz CT molecular complexity index is 266. The molecule has 1 aliphatic heterocycles. The third-order valence-electron chi connectivity index (χ3n) is 2.35. The molecule has 5 heteroatoms. The summed E-state index contributed by atoms with van der Waals surface area (Å²) in [6.07, 6.45) is 1.87. The molecule has 0 amide bonds. The Balaban J connectivity index is 1.94. The minimum Gasteiger partial charge on any atom is -0.291 e. The quantitative estimate of drug-likeness (QED) is 0.764. The van der Waals surface area contributed by atoms with Crippen molar-refractivity contribution in [1.29, 1.82) is 0 Å². The Morgan fingerprint density at radius 3 is 3.29 bits per heavy atom. The van der Waals surface area contributed by atoms with Crippen molar-refractivity contribution in [2.75, 3.05) is 23.9 Å². The highest BCUT2D eigenvalue weighted by atomic mass is 35.5. The molecule has 1 aliphatic rings. The Labute approximate surface area is 97.7 Å². The van der Waals surface area contributed by atoms with Gasteiger partial charge in [-0.1, -0.05) is 0 Å². The molecule has 1 aromatic heterocycles. The number of hydrogen-bond donors (Lipinski definition) is 0. The smallest absolute Gasteiger partial charge is 0.107 e. The molecule has 0 radical (unpaired) electrons. The van der Waals surface area contributed by atoms with E-state index in [9.17, 15) is 0 Å². The first kappa shape index (κ1) is 10.7. The predicted octanol–water partition coefficient (Wildman–Crippen LogP) is 2.30. The van der Waals surface area contributed by atoms with Crippen LogP contribution in [0.15, 0.2) is 11.6 Å². The summed E-state index contributed by atoms with van der Waals surface area (Å²) >= 11 is 9.67. The summed E-state index contributed by atoms with van der Waals surface area (Å²) in [6.45, 7) is 2.11. The van der Waals surface area contributed by atoms with Crippen molar-refractivity contribution < 1.29 is 0 Å². The number of halogens is 1. The first-order valence-electron chi connectivity index (χ1n) is 4.66. The van der Waals surface area contributed by atoms with E-state index in [0.717, 1.165) is 24.7 Å². The lowest BCUT2D eigenvalue weighted by atomic mass is 10.3. The van der Waals surface area contributed by atoms with E-state index in [1.165, 1.54) is 10.8 Å². The third kappa shape index (κ3) is 2.63. The lowest BCUT2D eigenvalue weighted by molar-refractivity contribution is 0.226. The fourth-order valence-electron chi connectivity index (χ4n) is 1.54. The van der Waals surface area contributed by atoms with E-state index >= 15 is 0 Å². The van der Waals surface area contributed by atoms with Gasteiger partial charge in [0.25, 0.3) is 0 Å². The van der Waals surface area contributed by atoms with Gasteiger partial charge in [-0.3, -0.25) is 4.90 Å². The third-order valence-corrected chi connectivity index (χ3v) is 4.56. The van der Waals surface area contributed by atoms with Gasteiger partial charge in [-0.25, -0.2) is 4.98 Å². The van der Waals surface area contributed by atoms with Crippen molar-refractivity contribution >= 4 is 34.7 Å². The molecule has 2 heterocycles. The molecule has 0 bridgehead atoms. The summed E-state index contributed by atoms with van der Waals surface area (Å²) in [5.41, 5.74) is 0. The zero-order valence-electron chi connectivity index (χ0n) is 7.86. The molecule has 1 saturated heterocycles. The Morgan fingerprint density at radius 1 is 1.64 bits per heavy atom. The highest BCUT2D eigenvalue weighted by molar-refractivity contribution is 7.99. The molecule has 1 aromatic rings. The summed E-state index contributed by atoms with van der Waals surface area (Å²) in [5, 5.41) is 3.23. The number of rotatable bonds is 3. The number of aromatic nitrogens is 1. The fraction of sp³-hybridized carbons (Fsp3) is 0.667. The molecule has 14 heavy (non-hydrogen) atoms. The van der Waals surface area contributed by atoms with Gasteiger partial charge in [0.15, 0.2) is 0 Å². The summed E-state index contributed by atoms with van der Waals surface area (Å²) in [4.78, 5) is 6.75. The molecule has 1 unspecified atom stereocenters. The molecule has 0 saturated carbocycles. The van der Waals surface area contributed by atoms with Gasteiger partial charge in [0.05, 0.1) is 6.54 Å². The summed E-state index contributed by atoms with van der Waals surface area (Å²) < 4.78 is 0. The van der Waals surface area contributed by atoms with E-state index in [4.69, 9.17) is 11.6 Å². The van der Waals surface area contributed by atoms with E-state index in [0.29, 0.717) is 6.04 Å².